The standard InChI is InChI=1S/C63H112O6/c1-4-7-10-13-16-19-22-25-28-29-30-31-32-33-36-38-41-44-47-50-53-56-62(65)68-59-60(69-63(66)57-54-51-48-45-42-39-35-27-24-21-18-15-12-9-6-3)58-67-61(64)55-52-49-46-43-40-37-34-26-23-20-17-14-11-8-5-2/h8,11,17,20,26-27,34-35,40,43,60H,4-7,9-10,12-16,18-19,21-25,28-33,36-39,41-42,44-59H2,1-3H3/b11-8-,20-17-,34-26-,35-27-,43-40-/t60-/m1/s1. The molecule has 6 heteroatoms. The van der Waals surface area contributed by atoms with Crippen molar-refractivity contribution >= 4 is 17.9 Å². The molecule has 0 bridgehead atoms. The summed E-state index contributed by atoms with van der Waals surface area (Å²) in [6.07, 6.45) is 72.2. The van der Waals surface area contributed by atoms with Gasteiger partial charge in [-0.1, -0.05) is 261 Å². The van der Waals surface area contributed by atoms with Crippen LogP contribution in [0.4, 0.5) is 0 Å². The first-order valence-corrected chi connectivity index (χ1v) is 29.8. The molecule has 0 aromatic carbocycles. The maximum Gasteiger partial charge on any atom is 0.306 e. The fraction of sp³-hybridized carbons (Fsp3) is 0.794. The van der Waals surface area contributed by atoms with Crippen molar-refractivity contribution in [3.05, 3.63) is 60.8 Å². The first kappa shape index (κ1) is 66.1. The third kappa shape index (κ3) is 55.9. The van der Waals surface area contributed by atoms with Crippen LogP contribution < -0.4 is 0 Å². The molecule has 0 saturated carbocycles. The molecule has 0 aromatic heterocycles. The topological polar surface area (TPSA) is 78.9 Å². The lowest BCUT2D eigenvalue weighted by Gasteiger charge is -2.18. The Balaban J connectivity index is 4.36. The number of rotatable bonds is 54. The fourth-order valence-corrected chi connectivity index (χ4v) is 8.55. The summed E-state index contributed by atoms with van der Waals surface area (Å²) in [6.45, 7) is 6.51. The molecule has 6 nitrogen and oxygen atoms in total. The summed E-state index contributed by atoms with van der Waals surface area (Å²) in [5.41, 5.74) is 0. The molecule has 0 radical (unpaired) electrons. The van der Waals surface area contributed by atoms with Crippen LogP contribution in [0.25, 0.3) is 0 Å². The summed E-state index contributed by atoms with van der Waals surface area (Å²) in [5, 5.41) is 0. The average Bonchev–Trinajstić information content (AvgIpc) is 3.35. The highest BCUT2D eigenvalue weighted by Gasteiger charge is 2.19. The number of unbranched alkanes of at least 4 members (excludes halogenated alkanes) is 33. The van der Waals surface area contributed by atoms with E-state index in [1.807, 2.05) is 0 Å². The Bertz CT molecular complexity index is 1250. The normalized spacial score (nSPS) is 12.4. The van der Waals surface area contributed by atoms with Crippen molar-refractivity contribution in [2.75, 3.05) is 13.2 Å². The predicted octanol–water partition coefficient (Wildman–Crippen LogP) is 20.0. The van der Waals surface area contributed by atoms with Gasteiger partial charge in [0.05, 0.1) is 0 Å². The molecular formula is C63H112O6. The van der Waals surface area contributed by atoms with Gasteiger partial charge in [0.15, 0.2) is 6.10 Å². The second-order valence-electron chi connectivity index (χ2n) is 19.9. The summed E-state index contributed by atoms with van der Waals surface area (Å²) in [4.78, 5) is 38.2. The van der Waals surface area contributed by atoms with Gasteiger partial charge in [0, 0.05) is 19.3 Å². The Morgan fingerprint density at radius 1 is 0.304 bits per heavy atom. The van der Waals surface area contributed by atoms with E-state index in [2.05, 4.69) is 81.5 Å². The van der Waals surface area contributed by atoms with E-state index >= 15 is 0 Å². The Labute approximate surface area is 428 Å². The van der Waals surface area contributed by atoms with E-state index < -0.39 is 6.10 Å². The molecule has 0 amide bonds. The molecular weight excluding hydrogens is 853 g/mol. The van der Waals surface area contributed by atoms with E-state index in [-0.39, 0.29) is 31.1 Å². The lowest BCUT2D eigenvalue weighted by Crippen LogP contribution is -2.30. The van der Waals surface area contributed by atoms with Crippen molar-refractivity contribution in [2.45, 2.75) is 309 Å². The Hall–Kier alpha value is -2.89. The number of carbonyl (C=O) groups is 3. The smallest absolute Gasteiger partial charge is 0.306 e. The molecule has 0 unspecified atom stereocenters. The van der Waals surface area contributed by atoms with Crippen LogP contribution >= 0.6 is 0 Å². The summed E-state index contributed by atoms with van der Waals surface area (Å²) in [5.74, 6) is -0.926. The molecule has 0 fully saturated rings. The molecule has 400 valence electrons. The third-order valence-electron chi connectivity index (χ3n) is 13.0. The van der Waals surface area contributed by atoms with Gasteiger partial charge in [-0.2, -0.15) is 0 Å². The molecule has 0 saturated heterocycles. The minimum Gasteiger partial charge on any atom is -0.462 e. The van der Waals surface area contributed by atoms with Crippen molar-refractivity contribution in [3.63, 3.8) is 0 Å². The number of ether oxygens (including phenoxy) is 3. The number of hydrogen-bond acceptors (Lipinski definition) is 6. The molecule has 69 heavy (non-hydrogen) atoms. The number of hydrogen-bond donors (Lipinski definition) is 0. The zero-order valence-electron chi connectivity index (χ0n) is 45.8. The quantitative estimate of drug-likeness (QED) is 0.0262. The molecule has 0 aliphatic heterocycles. The molecule has 0 aliphatic carbocycles. The van der Waals surface area contributed by atoms with Gasteiger partial charge in [-0.15, -0.1) is 0 Å². The van der Waals surface area contributed by atoms with Gasteiger partial charge in [-0.25, -0.2) is 0 Å². The molecule has 0 aliphatic rings. The molecule has 0 rings (SSSR count). The van der Waals surface area contributed by atoms with Crippen molar-refractivity contribution in [2.24, 2.45) is 0 Å². The van der Waals surface area contributed by atoms with Crippen molar-refractivity contribution in [1.82, 2.24) is 0 Å². The molecule has 0 N–H and O–H groups in total. The Morgan fingerprint density at radius 2 is 0.565 bits per heavy atom. The summed E-state index contributed by atoms with van der Waals surface area (Å²) in [7, 11) is 0. The predicted molar refractivity (Wildman–Crippen MR) is 298 cm³/mol. The van der Waals surface area contributed by atoms with Crippen LogP contribution in [0, 0.1) is 0 Å². The highest BCUT2D eigenvalue weighted by Crippen LogP contribution is 2.17. The zero-order chi connectivity index (χ0) is 50.0. The highest BCUT2D eigenvalue weighted by molar-refractivity contribution is 5.71. The highest BCUT2D eigenvalue weighted by atomic mass is 16.6. The largest absolute Gasteiger partial charge is 0.462 e. The second-order valence-corrected chi connectivity index (χ2v) is 19.9. The lowest BCUT2D eigenvalue weighted by molar-refractivity contribution is -0.167. The maximum absolute atomic E-state index is 12.9. The zero-order valence-corrected chi connectivity index (χ0v) is 45.8. The van der Waals surface area contributed by atoms with E-state index in [1.54, 1.807) is 0 Å². The van der Waals surface area contributed by atoms with E-state index in [4.69, 9.17) is 14.2 Å². The van der Waals surface area contributed by atoms with Gasteiger partial charge in [0.2, 0.25) is 0 Å². The Morgan fingerprint density at radius 3 is 0.928 bits per heavy atom. The molecule has 0 aromatic rings. The van der Waals surface area contributed by atoms with Crippen molar-refractivity contribution < 1.29 is 28.6 Å². The van der Waals surface area contributed by atoms with Crippen molar-refractivity contribution in [1.29, 1.82) is 0 Å². The number of carbonyl (C=O) groups excluding carboxylic acids is 3. The fourth-order valence-electron chi connectivity index (χ4n) is 8.55. The lowest BCUT2D eigenvalue weighted by atomic mass is 10.0. The number of allylic oxidation sites excluding steroid dienone is 10. The van der Waals surface area contributed by atoms with E-state index in [0.717, 1.165) is 96.3 Å². The Kier molecular flexibility index (Phi) is 55.3. The van der Waals surface area contributed by atoms with E-state index in [1.165, 1.54) is 167 Å². The second kappa shape index (κ2) is 57.7. The van der Waals surface area contributed by atoms with E-state index in [9.17, 15) is 14.4 Å². The van der Waals surface area contributed by atoms with Crippen molar-refractivity contribution in [3.8, 4) is 0 Å². The van der Waals surface area contributed by atoms with Gasteiger partial charge in [-0.3, -0.25) is 14.4 Å². The third-order valence-corrected chi connectivity index (χ3v) is 13.0. The maximum atomic E-state index is 12.9. The van der Waals surface area contributed by atoms with Gasteiger partial charge < -0.3 is 14.2 Å². The van der Waals surface area contributed by atoms with Gasteiger partial charge in [0.1, 0.15) is 13.2 Å². The molecule has 0 heterocycles. The van der Waals surface area contributed by atoms with Crippen LogP contribution in [0.5, 0.6) is 0 Å². The minimum absolute atomic E-state index is 0.0880. The monoisotopic (exact) mass is 965 g/mol. The first-order valence-electron chi connectivity index (χ1n) is 29.8. The summed E-state index contributed by atoms with van der Waals surface area (Å²) >= 11 is 0. The van der Waals surface area contributed by atoms with Crippen LogP contribution in [0.1, 0.15) is 303 Å². The summed E-state index contributed by atoms with van der Waals surface area (Å²) in [6, 6.07) is 0. The van der Waals surface area contributed by atoms with Crippen LogP contribution in [0.3, 0.4) is 0 Å². The first-order chi connectivity index (χ1) is 34.0. The van der Waals surface area contributed by atoms with Crippen LogP contribution in [0.15, 0.2) is 60.8 Å². The molecule has 1 atom stereocenters. The van der Waals surface area contributed by atoms with Gasteiger partial charge >= 0.3 is 17.9 Å². The SMILES string of the molecule is CC/C=C\C/C=C\C/C=C\C/C=C\CCCCC(=O)OC[C@H](COC(=O)CCCCCCCCCCCCCCCCCCCCCCC)OC(=O)CCCCCCC/C=C\CCCCCCCC. The minimum atomic E-state index is -0.794. The van der Waals surface area contributed by atoms with Crippen LogP contribution in [0.2, 0.25) is 0 Å². The molecule has 0 spiro atoms. The van der Waals surface area contributed by atoms with Crippen LogP contribution in [-0.4, -0.2) is 37.2 Å². The average molecular weight is 966 g/mol. The summed E-state index contributed by atoms with van der Waals surface area (Å²) < 4.78 is 16.8. The number of esters is 3. The van der Waals surface area contributed by atoms with Crippen LogP contribution in [-0.2, 0) is 28.6 Å². The van der Waals surface area contributed by atoms with Gasteiger partial charge in [-0.05, 0) is 83.5 Å². The van der Waals surface area contributed by atoms with Gasteiger partial charge in [0.25, 0.3) is 0 Å². The van der Waals surface area contributed by atoms with E-state index in [0.29, 0.717) is 19.3 Å².